The highest BCUT2D eigenvalue weighted by atomic mass is 16.5. The molecule has 0 aliphatic carbocycles. The van der Waals surface area contributed by atoms with E-state index in [0.29, 0.717) is 23.9 Å². The predicted octanol–water partition coefficient (Wildman–Crippen LogP) is 3.35. The average Bonchev–Trinajstić information content (AvgIpc) is 2.89. The number of carbonyl (C=O) groups excluding carboxylic acids is 1. The van der Waals surface area contributed by atoms with Crippen molar-refractivity contribution in [2.24, 2.45) is 9.98 Å². The highest BCUT2D eigenvalue weighted by Crippen LogP contribution is 2.21. The normalized spacial score (nSPS) is 16.1. The zero-order chi connectivity index (χ0) is 19.3. The van der Waals surface area contributed by atoms with E-state index < -0.39 is 5.91 Å². The second-order valence-corrected chi connectivity index (χ2v) is 6.25. The summed E-state index contributed by atoms with van der Waals surface area (Å²) < 4.78 is 10.7. The van der Waals surface area contributed by atoms with Crippen LogP contribution in [-0.2, 0) is 11.3 Å². The Morgan fingerprint density at radius 2 is 2.00 bits per heavy atom. The fourth-order valence-corrected chi connectivity index (χ4v) is 3.00. The summed E-state index contributed by atoms with van der Waals surface area (Å²) in [6.45, 7) is 0.493. The third kappa shape index (κ3) is 3.86. The number of allylic oxidation sites excluding steroid dienone is 2. The van der Waals surface area contributed by atoms with Crippen LogP contribution in [0.2, 0.25) is 0 Å². The van der Waals surface area contributed by atoms with E-state index in [1.54, 1.807) is 25.3 Å². The van der Waals surface area contributed by atoms with Gasteiger partial charge in [0, 0.05) is 24.4 Å². The van der Waals surface area contributed by atoms with Crippen LogP contribution in [0.15, 0.2) is 82.9 Å². The van der Waals surface area contributed by atoms with Gasteiger partial charge in [0.2, 0.25) is 0 Å². The molecule has 6 nitrogen and oxygen atoms in total. The van der Waals surface area contributed by atoms with Gasteiger partial charge in [0.25, 0.3) is 5.91 Å². The Bertz CT molecular complexity index is 1020. The lowest BCUT2D eigenvalue weighted by Crippen LogP contribution is -2.24. The number of rotatable bonds is 4. The number of amides is 1. The lowest BCUT2D eigenvalue weighted by Gasteiger charge is -2.20. The molecular weight excluding hydrogens is 354 g/mol. The third-order valence-electron chi connectivity index (χ3n) is 4.37. The number of carbonyl (C=O) groups is 1. The van der Waals surface area contributed by atoms with E-state index in [-0.39, 0.29) is 6.61 Å². The zero-order valence-electron chi connectivity index (χ0n) is 15.4. The van der Waals surface area contributed by atoms with Crippen LogP contribution in [0.25, 0.3) is 0 Å². The summed E-state index contributed by atoms with van der Waals surface area (Å²) in [4.78, 5) is 23.3. The van der Waals surface area contributed by atoms with Gasteiger partial charge in [-0.3, -0.25) is 4.79 Å². The van der Waals surface area contributed by atoms with Crippen molar-refractivity contribution in [3.63, 3.8) is 0 Å². The van der Waals surface area contributed by atoms with E-state index in [9.17, 15) is 4.79 Å². The molecule has 6 heteroatoms. The Kier molecular flexibility index (Phi) is 5.01. The molecule has 2 aliphatic heterocycles. The van der Waals surface area contributed by atoms with E-state index in [1.807, 2.05) is 59.7 Å². The van der Waals surface area contributed by atoms with Crippen LogP contribution in [0.1, 0.15) is 11.1 Å². The molecule has 0 spiro atoms. The van der Waals surface area contributed by atoms with Crippen molar-refractivity contribution in [2.45, 2.75) is 6.54 Å². The van der Waals surface area contributed by atoms with Crippen molar-refractivity contribution in [2.75, 3.05) is 13.7 Å². The Morgan fingerprint density at radius 3 is 2.89 bits per heavy atom. The first-order valence-corrected chi connectivity index (χ1v) is 8.90. The fraction of sp³-hybridized carbons (Fsp3) is 0.136. The Labute approximate surface area is 163 Å². The lowest BCUT2D eigenvalue weighted by molar-refractivity contribution is -0.119. The smallest absolute Gasteiger partial charge is 0.285 e. The van der Waals surface area contributed by atoms with E-state index in [0.717, 1.165) is 17.0 Å². The molecule has 0 fully saturated rings. The molecule has 1 amide bonds. The standard InChI is InChI=1S/C22H19N3O3/c1-27-17-8-6-9-18(13-17)28-15-21(26)24-22-19-10-3-2-7-16(19)14-25-12-5-4-11-20(25)23-22/h2-13H,14-15H2,1H3. The van der Waals surface area contributed by atoms with E-state index in [2.05, 4.69) is 9.98 Å². The predicted molar refractivity (Wildman–Crippen MR) is 108 cm³/mol. The monoisotopic (exact) mass is 373 g/mol. The van der Waals surface area contributed by atoms with Crippen LogP contribution in [0.4, 0.5) is 0 Å². The maximum atomic E-state index is 12.5. The maximum absolute atomic E-state index is 12.5. The van der Waals surface area contributed by atoms with E-state index >= 15 is 0 Å². The van der Waals surface area contributed by atoms with Gasteiger partial charge in [-0.2, -0.15) is 4.99 Å². The van der Waals surface area contributed by atoms with Crippen molar-refractivity contribution in [3.8, 4) is 11.5 Å². The molecule has 2 heterocycles. The second-order valence-electron chi connectivity index (χ2n) is 6.25. The molecule has 2 aromatic rings. The highest BCUT2D eigenvalue weighted by Gasteiger charge is 2.20. The first-order chi connectivity index (χ1) is 13.7. The first-order valence-electron chi connectivity index (χ1n) is 8.90. The van der Waals surface area contributed by atoms with Gasteiger partial charge in [-0.25, -0.2) is 4.99 Å². The molecule has 2 aliphatic rings. The Hall–Kier alpha value is -3.67. The molecule has 2 aromatic carbocycles. The van der Waals surface area contributed by atoms with Crippen molar-refractivity contribution in [1.29, 1.82) is 0 Å². The van der Waals surface area contributed by atoms with Gasteiger partial charge >= 0.3 is 0 Å². The Balaban J connectivity index is 1.58. The second kappa shape index (κ2) is 7.92. The number of aliphatic imine (C=N–C) groups is 2. The minimum absolute atomic E-state index is 0.177. The highest BCUT2D eigenvalue weighted by molar-refractivity contribution is 6.14. The summed E-state index contributed by atoms with van der Waals surface area (Å²) in [6.07, 6.45) is 7.73. The number of hydrogen-bond donors (Lipinski definition) is 0. The fourth-order valence-electron chi connectivity index (χ4n) is 3.00. The van der Waals surface area contributed by atoms with E-state index in [1.165, 1.54) is 0 Å². The molecule has 0 atom stereocenters. The third-order valence-corrected chi connectivity index (χ3v) is 4.37. The van der Waals surface area contributed by atoms with Gasteiger partial charge in [-0.15, -0.1) is 0 Å². The minimum Gasteiger partial charge on any atom is -0.497 e. The molecule has 0 saturated carbocycles. The van der Waals surface area contributed by atoms with Crippen molar-refractivity contribution in [3.05, 3.63) is 84.1 Å². The quantitative estimate of drug-likeness (QED) is 0.825. The van der Waals surface area contributed by atoms with Crippen molar-refractivity contribution >= 4 is 17.6 Å². The molecule has 0 unspecified atom stereocenters. The number of nitrogens with zero attached hydrogens (tertiary/aromatic N) is 3. The van der Waals surface area contributed by atoms with Gasteiger partial charge < -0.3 is 14.4 Å². The Morgan fingerprint density at radius 1 is 1.14 bits per heavy atom. The van der Waals surface area contributed by atoms with Gasteiger partial charge in [0.05, 0.1) is 7.11 Å². The molecule has 0 bridgehead atoms. The van der Waals surface area contributed by atoms with Crippen LogP contribution in [-0.4, -0.2) is 36.2 Å². The summed E-state index contributed by atoms with van der Waals surface area (Å²) in [5.74, 6) is 1.96. The van der Waals surface area contributed by atoms with Crippen LogP contribution < -0.4 is 9.47 Å². The van der Waals surface area contributed by atoms with Crippen LogP contribution in [0.3, 0.4) is 0 Å². The topological polar surface area (TPSA) is 63.5 Å². The summed E-state index contributed by atoms with van der Waals surface area (Å²) in [7, 11) is 1.58. The molecule has 0 radical (unpaired) electrons. The van der Waals surface area contributed by atoms with E-state index in [4.69, 9.17) is 9.47 Å². The number of hydrogen-bond acceptors (Lipinski definition) is 4. The molecule has 0 saturated heterocycles. The molecule has 0 N–H and O–H groups in total. The molecule has 4 rings (SSSR count). The summed E-state index contributed by atoms with van der Waals surface area (Å²) in [5, 5.41) is 0. The number of amidine groups is 2. The number of methoxy groups -OCH3 is 1. The van der Waals surface area contributed by atoms with Gasteiger partial charge in [0.1, 0.15) is 17.3 Å². The largest absolute Gasteiger partial charge is 0.497 e. The molecule has 0 aromatic heterocycles. The number of fused-ring (bicyclic) bond motifs is 2. The molecular formula is C22H19N3O3. The minimum atomic E-state index is -0.402. The first kappa shape index (κ1) is 17.7. The van der Waals surface area contributed by atoms with Crippen LogP contribution in [0, 0.1) is 0 Å². The van der Waals surface area contributed by atoms with Crippen molar-refractivity contribution < 1.29 is 14.3 Å². The van der Waals surface area contributed by atoms with Gasteiger partial charge in [0.15, 0.2) is 12.4 Å². The summed E-state index contributed by atoms with van der Waals surface area (Å²) in [6, 6.07) is 14.9. The van der Waals surface area contributed by atoms with Gasteiger partial charge in [-0.05, 0) is 29.8 Å². The molecule has 140 valence electrons. The SMILES string of the molecule is COc1cccc(OCC(=O)N=C2N=C3C=CC=CN3Cc3ccccc32)c1. The lowest BCUT2D eigenvalue weighted by atomic mass is 10.1. The molecule has 28 heavy (non-hydrogen) atoms. The maximum Gasteiger partial charge on any atom is 0.285 e. The number of ether oxygens (including phenoxy) is 2. The van der Waals surface area contributed by atoms with Crippen molar-refractivity contribution in [1.82, 2.24) is 4.90 Å². The summed E-state index contributed by atoms with van der Waals surface area (Å²) in [5.41, 5.74) is 1.90. The summed E-state index contributed by atoms with van der Waals surface area (Å²) >= 11 is 0. The zero-order valence-corrected chi connectivity index (χ0v) is 15.4. The average molecular weight is 373 g/mol. The van der Waals surface area contributed by atoms with Gasteiger partial charge in [-0.1, -0.05) is 36.4 Å². The number of benzene rings is 2. The van der Waals surface area contributed by atoms with Crippen LogP contribution >= 0.6 is 0 Å². The van der Waals surface area contributed by atoms with Crippen LogP contribution in [0.5, 0.6) is 11.5 Å².